The first-order valence-corrected chi connectivity index (χ1v) is 11.8. The number of urea groups is 1. The maximum atomic E-state index is 13.1. The highest BCUT2D eigenvalue weighted by Gasteiger charge is 2.28. The summed E-state index contributed by atoms with van der Waals surface area (Å²) >= 11 is 0. The van der Waals surface area contributed by atoms with Crippen LogP contribution in [0.25, 0.3) is 0 Å². The average Bonchev–Trinajstić information content (AvgIpc) is 3.12. The van der Waals surface area contributed by atoms with Gasteiger partial charge in [-0.15, -0.1) is 4.36 Å². The summed E-state index contributed by atoms with van der Waals surface area (Å²) in [5.41, 5.74) is 3.79. The molecule has 0 saturated carbocycles. The second-order valence-electron chi connectivity index (χ2n) is 8.38. The number of hydrogen-bond donors (Lipinski definition) is 2. The number of nitrogens with one attached hydrogen (secondary N) is 1. The van der Waals surface area contributed by atoms with Gasteiger partial charge in [0, 0.05) is 12.8 Å². The summed E-state index contributed by atoms with van der Waals surface area (Å²) in [4.78, 5) is 12.9. The van der Waals surface area contributed by atoms with Gasteiger partial charge in [-0.2, -0.15) is 5.10 Å². The average molecular weight is 450 g/mol. The number of aromatic nitrogens is 2. The Morgan fingerprint density at radius 1 is 1.32 bits per heavy atom. The zero-order valence-corrected chi connectivity index (χ0v) is 19.7. The molecule has 0 saturated heterocycles. The van der Waals surface area contributed by atoms with Crippen molar-refractivity contribution in [1.82, 2.24) is 9.78 Å². The van der Waals surface area contributed by atoms with Crippen LogP contribution in [0.5, 0.6) is 5.88 Å². The van der Waals surface area contributed by atoms with E-state index in [0.29, 0.717) is 12.2 Å². The van der Waals surface area contributed by atoms with Crippen LogP contribution in [-0.2, 0) is 21.2 Å². The fourth-order valence-corrected chi connectivity index (χ4v) is 4.60. The number of anilines is 1. The molecular weight excluding hydrogens is 418 g/mol. The number of aryl methyl sites for hydroxylation is 1. The molecule has 1 aromatic heterocycles. The van der Waals surface area contributed by atoms with E-state index in [-0.39, 0.29) is 35.3 Å². The molecular formula is C21H31N5O4S. The lowest BCUT2D eigenvalue weighted by atomic mass is 9.90. The molecule has 0 aliphatic carbocycles. The minimum absolute atomic E-state index is 0.0919. The number of rotatable bonds is 5. The van der Waals surface area contributed by atoms with Crippen molar-refractivity contribution in [3.05, 3.63) is 35.0 Å². The highest BCUT2D eigenvalue weighted by molar-refractivity contribution is 7.91. The SMILES string of the molecule is COC1COc2c(S(N)(=O)=NC(=O)Nc3c(C(C)C)cc(C)cc3C(C)C)cnn2C1. The number of ether oxygens (including phenoxy) is 2. The predicted molar refractivity (Wildman–Crippen MR) is 120 cm³/mol. The van der Waals surface area contributed by atoms with Crippen molar-refractivity contribution in [1.29, 1.82) is 0 Å². The van der Waals surface area contributed by atoms with E-state index in [9.17, 15) is 9.00 Å². The van der Waals surface area contributed by atoms with Crippen LogP contribution in [0.3, 0.4) is 0 Å². The van der Waals surface area contributed by atoms with E-state index in [2.05, 4.69) is 42.5 Å². The molecule has 2 atom stereocenters. The molecule has 9 nitrogen and oxygen atoms in total. The summed E-state index contributed by atoms with van der Waals surface area (Å²) in [6.07, 6.45) is 1.16. The molecule has 1 aliphatic rings. The van der Waals surface area contributed by atoms with Crippen molar-refractivity contribution in [2.75, 3.05) is 19.0 Å². The molecule has 0 spiro atoms. The summed E-state index contributed by atoms with van der Waals surface area (Å²) in [5, 5.41) is 13.0. The zero-order valence-electron chi connectivity index (χ0n) is 18.8. The number of nitrogens with zero attached hydrogens (tertiary/aromatic N) is 3. The standard InChI is InChI=1S/C21H31N5O4S/c1-12(2)16-7-14(5)8-17(13(3)4)19(16)24-21(27)25-31(22,28)18-9-23-26-10-15(29-6)11-30-20(18)26/h7-9,12-13,15H,10-11H2,1-6H3,(H3,22,24,25,27,28). The summed E-state index contributed by atoms with van der Waals surface area (Å²) in [6.45, 7) is 11.0. The van der Waals surface area contributed by atoms with Gasteiger partial charge in [0.05, 0.1) is 12.7 Å². The van der Waals surface area contributed by atoms with E-state index in [1.807, 2.05) is 19.1 Å². The molecule has 3 rings (SSSR count). The van der Waals surface area contributed by atoms with Gasteiger partial charge >= 0.3 is 6.03 Å². The number of fused-ring (bicyclic) bond motifs is 1. The van der Waals surface area contributed by atoms with Crippen molar-refractivity contribution >= 4 is 21.6 Å². The molecule has 1 aliphatic heterocycles. The van der Waals surface area contributed by atoms with Gasteiger partial charge in [0.2, 0.25) is 5.88 Å². The van der Waals surface area contributed by atoms with Crippen LogP contribution in [0.4, 0.5) is 10.5 Å². The minimum atomic E-state index is -3.56. The summed E-state index contributed by atoms with van der Waals surface area (Å²) in [5.74, 6) is 0.609. The first-order valence-electron chi connectivity index (χ1n) is 10.2. The van der Waals surface area contributed by atoms with Crippen molar-refractivity contribution in [2.24, 2.45) is 9.50 Å². The first-order chi connectivity index (χ1) is 14.5. The summed E-state index contributed by atoms with van der Waals surface area (Å²) in [7, 11) is -1.98. The summed E-state index contributed by atoms with van der Waals surface area (Å²) < 4.78 is 29.4. The quantitative estimate of drug-likeness (QED) is 0.719. The van der Waals surface area contributed by atoms with Crippen LogP contribution < -0.4 is 15.2 Å². The van der Waals surface area contributed by atoms with E-state index in [1.165, 1.54) is 10.9 Å². The normalized spacial score (nSPS) is 17.8. The Morgan fingerprint density at radius 2 is 1.94 bits per heavy atom. The van der Waals surface area contributed by atoms with Gasteiger partial charge in [0.1, 0.15) is 17.6 Å². The van der Waals surface area contributed by atoms with Gasteiger partial charge in [0.25, 0.3) is 0 Å². The van der Waals surface area contributed by atoms with E-state index in [1.54, 1.807) is 7.11 Å². The highest BCUT2D eigenvalue weighted by Crippen LogP contribution is 2.34. The Morgan fingerprint density at radius 3 is 2.48 bits per heavy atom. The number of amides is 2. The van der Waals surface area contributed by atoms with Crippen LogP contribution in [0.1, 0.15) is 56.2 Å². The van der Waals surface area contributed by atoms with E-state index >= 15 is 0 Å². The van der Waals surface area contributed by atoms with E-state index in [0.717, 1.165) is 16.7 Å². The third kappa shape index (κ3) is 4.91. The maximum absolute atomic E-state index is 13.1. The number of hydrogen-bond acceptors (Lipinski definition) is 5. The molecule has 2 aromatic rings. The van der Waals surface area contributed by atoms with Gasteiger partial charge < -0.3 is 14.8 Å². The highest BCUT2D eigenvalue weighted by atomic mass is 32.2. The number of nitrogens with two attached hydrogens (primary N) is 1. The molecule has 0 bridgehead atoms. The van der Waals surface area contributed by atoms with Crippen LogP contribution >= 0.6 is 0 Å². The number of methoxy groups -OCH3 is 1. The largest absolute Gasteiger partial charge is 0.474 e. The fraction of sp³-hybridized carbons (Fsp3) is 0.524. The van der Waals surface area contributed by atoms with Crippen molar-refractivity contribution < 1.29 is 18.5 Å². The van der Waals surface area contributed by atoms with Gasteiger partial charge in [-0.1, -0.05) is 45.4 Å². The molecule has 2 unspecified atom stereocenters. The lowest BCUT2D eigenvalue weighted by Gasteiger charge is -2.23. The zero-order chi connectivity index (χ0) is 22.9. The Kier molecular flexibility index (Phi) is 6.73. The fourth-order valence-electron chi connectivity index (χ4n) is 3.59. The van der Waals surface area contributed by atoms with E-state index in [4.69, 9.17) is 14.6 Å². The molecule has 170 valence electrons. The van der Waals surface area contributed by atoms with Crippen molar-refractivity contribution in [3.63, 3.8) is 0 Å². The number of benzene rings is 1. The predicted octanol–water partition coefficient (Wildman–Crippen LogP) is 3.78. The van der Waals surface area contributed by atoms with Crippen molar-refractivity contribution in [2.45, 2.75) is 64.0 Å². The molecule has 2 amide bonds. The Bertz CT molecular complexity index is 1070. The Hall–Kier alpha value is -2.43. The van der Waals surface area contributed by atoms with Gasteiger partial charge in [-0.25, -0.2) is 18.8 Å². The molecule has 2 heterocycles. The molecule has 1 aromatic carbocycles. The first kappa shape index (κ1) is 23.2. The Labute approximate surface area is 183 Å². The topological polar surface area (TPSA) is 121 Å². The molecule has 10 heteroatoms. The third-order valence-electron chi connectivity index (χ3n) is 5.23. The molecule has 3 N–H and O–H groups in total. The molecule has 0 fully saturated rings. The maximum Gasteiger partial charge on any atom is 0.354 e. The lowest BCUT2D eigenvalue weighted by molar-refractivity contribution is 0.0165. The third-order valence-corrected chi connectivity index (χ3v) is 6.58. The number of carbonyl (C=O) groups excluding carboxylic acids is 1. The van der Waals surface area contributed by atoms with Crippen LogP contribution in [-0.4, -0.2) is 39.8 Å². The van der Waals surface area contributed by atoms with Gasteiger partial charge in [-0.3, -0.25) is 0 Å². The lowest BCUT2D eigenvalue weighted by Crippen LogP contribution is -2.32. The number of carbonyl (C=O) groups is 1. The smallest absolute Gasteiger partial charge is 0.354 e. The Balaban J connectivity index is 1.95. The van der Waals surface area contributed by atoms with E-state index < -0.39 is 15.9 Å². The minimum Gasteiger partial charge on any atom is -0.474 e. The van der Waals surface area contributed by atoms with Gasteiger partial charge in [-0.05, 0) is 29.9 Å². The second kappa shape index (κ2) is 8.97. The molecule has 0 radical (unpaired) electrons. The molecule has 31 heavy (non-hydrogen) atoms. The van der Waals surface area contributed by atoms with Crippen LogP contribution in [0, 0.1) is 6.92 Å². The van der Waals surface area contributed by atoms with Crippen molar-refractivity contribution in [3.8, 4) is 5.88 Å². The van der Waals surface area contributed by atoms with Gasteiger partial charge in [0.15, 0.2) is 9.92 Å². The summed E-state index contributed by atoms with van der Waals surface area (Å²) in [6, 6.07) is 3.31. The second-order valence-corrected chi connectivity index (χ2v) is 10.1. The van der Waals surface area contributed by atoms with Crippen LogP contribution in [0.15, 0.2) is 27.6 Å². The monoisotopic (exact) mass is 449 g/mol. The van der Waals surface area contributed by atoms with Crippen LogP contribution in [0.2, 0.25) is 0 Å².